The van der Waals surface area contributed by atoms with Crippen LogP contribution in [0.4, 0.5) is 0 Å². The summed E-state index contributed by atoms with van der Waals surface area (Å²) in [4.78, 5) is 0. The molecule has 0 saturated carbocycles. The van der Waals surface area contributed by atoms with Crippen molar-refractivity contribution in [2.24, 2.45) is 0 Å². The van der Waals surface area contributed by atoms with Crippen molar-refractivity contribution in [3.05, 3.63) is 0 Å². The average molecular weight is 136 g/mol. The average Bonchev–Trinajstić information content (AvgIpc) is 1.89. The summed E-state index contributed by atoms with van der Waals surface area (Å²) in [5, 5.41) is 0. The van der Waals surface area contributed by atoms with Gasteiger partial charge in [-0.15, -0.1) is 0 Å². The van der Waals surface area contributed by atoms with E-state index in [0.717, 1.165) is 0 Å². The quantitative estimate of drug-likeness (QED) is 0.521. The third-order valence-corrected chi connectivity index (χ3v) is 7.68. The molecule has 0 atom stereocenters. The Morgan fingerprint density at radius 3 is 1.67 bits per heavy atom. The predicted octanol–water partition coefficient (Wildman–Crippen LogP) is 2.55. The maximum absolute atomic E-state index is 2.52. The number of hydrogen-bond acceptors (Lipinski definition) is 0. The molecule has 0 aliphatic heterocycles. The Morgan fingerprint density at radius 1 is 1.11 bits per heavy atom. The molecule has 0 aromatic carbocycles. The summed E-state index contributed by atoms with van der Waals surface area (Å²) in [5.74, 6) is 0. The van der Waals surface area contributed by atoms with Crippen molar-refractivity contribution in [1.82, 2.24) is 0 Å². The van der Waals surface area contributed by atoms with Gasteiger partial charge >= 0.3 is 68.8 Å². The summed E-state index contributed by atoms with van der Waals surface area (Å²) in [7, 11) is 0. The van der Waals surface area contributed by atoms with Crippen LogP contribution in [0.15, 0.2) is 0 Å². The summed E-state index contributed by atoms with van der Waals surface area (Å²) in [6.45, 7) is 7.01. The van der Waals surface area contributed by atoms with Crippen LogP contribution < -0.4 is 0 Å². The van der Waals surface area contributed by atoms with Gasteiger partial charge in [-0.05, 0) is 0 Å². The molecule has 50 valence electrons. The van der Waals surface area contributed by atoms with Crippen LogP contribution in [0.2, 0.25) is 18.1 Å². The molecule has 0 rings (SSSR count). The molecule has 0 unspecified atom stereocenters. The van der Waals surface area contributed by atoms with Gasteiger partial charge in [0.25, 0.3) is 0 Å². The molecule has 0 amide bonds. The van der Waals surface area contributed by atoms with Crippen molar-refractivity contribution in [2.45, 2.75) is 45.3 Å². The van der Waals surface area contributed by atoms with Crippen LogP contribution in [-0.4, -0.2) is 23.4 Å². The Morgan fingerprint density at radius 2 is 1.56 bits per heavy atom. The van der Waals surface area contributed by atoms with Gasteiger partial charge in [0.15, 0.2) is 0 Å². The predicted molar refractivity (Wildman–Crippen MR) is 47.6 cm³/mol. The zero-order chi connectivity index (χ0) is 7.33. The molecule has 0 aromatic rings. The normalized spacial score (nSPS) is 12.1. The van der Waals surface area contributed by atoms with E-state index in [1.165, 1.54) is 24.6 Å². The molecule has 9 heavy (non-hydrogen) atoms. The van der Waals surface area contributed by atoms with E-state index in [4.69, 9.17) is 0 Å². The molecular weight excluding hydrogens is 119 g/mol. The molecule has 2 heteroatoms. The molecule has 0 spiro atoms. The molecule has 0 nitrogen and oxygen atoms in total. The van der Waals surface area contributed by atoms with Crippen LogP contribution in [0.3, 0.4) is 0 Å². The van der Waals surface area contributed by atoms with Crippen LogP contribution in [0.1, 0.15) is 27.2 Å². The van der Waals surface area contributed by atoms with Crippen LogP contribution >= 0.6 is 0 Å². The van der Waals surface area contributed by atoms with Gasteiger partial charge in [-0.25, -0.2) is 0 Å². The zero-order valence-electron chi connectivity index (χ0n) is 7.33. The molecule has 0 radical (unpaired) electrons. The first-order chi connectivity index (χ1) is 4.18. The molecule has 0 saturated heterocycles. The van der Waals surface area contributed by atoms with E-state index in [2.05, 4.69) is 37.8 Å². The van der Waals surface area contributed by atoms with E-state index in [9.17, 15) is 0 Å². The van der Waals surface area contributed by atoms with Crippen LogP contribution in [0.5, 0.6) is 0 Å². The molecule has 0 aliphatic rings. The van der Waals surface area contributed by atoms with Crippen LogP contribution in [0.25, 0.3) is 0 Å². The van der Waals surface area contributed by atoms with Crippen molar-refractivity contribution < 1.29 is 0 Å². The Kier molecular flexibility index (Phi) is 5.02. The van der Waals surface area contributed by atoms with Gasteiger partial charge in [0.2, 0.25) is 0 Å². The van der Waals surface area contributed by atoms with Gasteiger partial charge in [-0.2, -0.15) is 0 Å². The van der Waals surface area contributed by atoms with Crippen LogP contribution in [-0.2, 0) is 0 Å². The zero-order valence-corrected chi connectivity index (χ0v) is 8.33. The second-order valence-electron chi connectivity index (χ2n) is 3.27. The monoisotopic (exact) mass is 136 g/mol. The number of hydrogen-bond donors (Lipinski definition) is 0. The summed E-state index contributed by atoms with van der Waals surface area (Å²) in [6, 6.07) is 4.47. The van der Waals surface area contributed by atoms with Gasteiger partial charge in [0, 0.05) is 0 Å². The second kappa shape index (κ2) is 4.60. The van der Waals surface area contributed by atoms with Gasteiger partial charge in [0.1, 0.15) is 0 Å². The molecular formula is C7H17LiSi. The van der Waals surface area contributed by atoms with Crippen molar-refractivity contribution in [1.29, 1.82) is 0 Å². The van der Waals surface area contributed by atoms with E-state index in [0.29, 0.717) is 0 Å². The van der Waals surface area contributed by atoms with Crippen LogP contribution in [0, 0.1) is 0 Å². The van der Waals surface area contributed by atoms with Gasteiger partial charge < -0.3 is 0 Å². The molecule has 0 N–H and O–H groups in total. The summed E-state index contributed by atoms with van der Waals surface area (Å²) in [5.41, 5.74) is 0. The molecule has 0 fully saturated rings. The molecule has 0 bridgehead atoms. The van der Waals surface area contributed by atoms with Crippen molar-refractivity contribution >= 4 is 23.4 Å². The Hall–Kier alpha value is 0.814. The fourth-order valence-corrected chi connectivity index (χ4v) is 3.62. The summed E-state index contributed by atoms with van der Waals surface area (Å²) >= 11 is 2.52. The Balaban J connectivity index is 3.62. The molecule has 0 aliphatic carbocycles. The van der Waals surface area contributed by atoms with Crippen molar-refractivity contribution in [3.63, 3.8) is 0 Å². The summed E-state index contributed by atoms with van der Waals surface area (Å²) in [6.07, 6.45) is 0.696. The second-order valence-corrected chi connectivity index (χ2v) is 8.80. The Labute approximate surface area is 69.0 Å². The van der Waals surface area contributed by atoms with E-state index < -0.39 is 6.40 Å². The fraction of sp³-hybridized carbons (Fsp3) is 1.00. The fourth-order valence-electron chi connectivity index (χ4n) is 1.21. The number of rotatable bonds is 4. The first-order valence-corrected chi connectivity index (χ1v) is 7.30. The first-order valence-electron chi connectivity index (χ1n) is 4.18. The maximum atomic E-state index is 2.52. The van der Waals surface area contributed by atoms with Crippen molar-refractivity contribution in [2.75, 3.05) is 0 Å². The van der Waals surface area contributed by atoms with Gasteiger partial charge in [-0.3, -0.25) is 0 Å². The van der Waals surface area contributed by atoms with Crippen molar-refractivity contribution in [3.8, 4) is 0 Å². The van der Waals surface area contributed by atoms with E-state index >= 15 is 0 Å². The van der Waals surface area contributed by atoms with Gasteiger partial charge in [-0.1, -0.05) is 0 Å². The third-order valence-electron chi connectivity index (χ3n) is 2.56. The van der Waals surface area contributed by atoms with Gasteiger partial charge in [0.05, 0.1) is 0 Å². The minimum absolute atomic E-state index is 0.697. The molecule has 0 aromatic heterocycles. The van der Waals surface area contributed by atoms with E-state index in [1.807, 2.05) is 0 Å². The third kappa shape index (κ3) is 3.50. The molecule has 0 heterocycles. The summed E-state index contributed by atoms with van der Waals surface area (Å²) < 4.78 is 0. The standard InChI is InChI=1S/C7H17Si.Li/c1-4-7-8(5-2)6-3;/h4-7H2,1-3H3;. The topological polar surface area (TPSA) is 0 Å². The van der Waals surface area contributed by atoms with E-state index in [-0.39, 0.29) is 0 Å². The minimum atomic E-state index is -0.697. The Bertz CT molecular complexity index is 69.3. The SMILES string of the molecule is [Li][Si](CC)(CC)CCC. The van der Waals surface area contributed by atoms with E-state index in [1.54, 1.807) is 0 Å². The first kappa shape index (κ1) is 9.81.